The summed E-state index contributed by atoms with van der Waals surface area (Å²) in [6, 6.07) is 15.1. The zero-order valence-electron chi connectivity index (χ0n) is 32.7. The van der Waals surface area contributed by atoms with Gasteiger partial charge in [-0.3, -0.25) is 38.4 Å². The van der Waals surface area contributed by atoms with Crippen LogP contribution in [-0.4, -0.2) is 78.1 Å². The van der Waals surface area contributed by atoms with Crippen LogP contribution in [0.5, 0.6) is 28.7 Å². The highest BCUT2D eigenvalue weighted by Crippen LogP contribution is 2.44. The van der Waals surface area contributed by atoms with Crippen molar-refractivity contribution in [2.75, 3.05) is 0 Å². The Bertz CT molecular complexity index is 2150. The van der Waals surface area contributed by atoms with Crippen molar-refractivity contribution in [3.05, 3.63) is 83.4 Å². The molecule has 3 aromatic carbocycles. The molecule has 3 aromatic rings. The molecule has 59 heavy (non-hydrogen) atoms. The van der Waals surface area contributed by atoms with Crippen molar-refractivity contribution < 1.29 is 81.0 Å². The standard InChI is InChI=1S/C42H40O17/c1-21(43)51-30-13-8-27(9-14-30)7-12-29(49)17-37-39(54-24(4)46)40(55-25(5)47)41(56-26(6)48)42(59-37)57-32-18-35(53-23(3)45)38-33(50)20-34(58-36(38)19-32)28-10-15-31(16-11-28)52-22(2)44/h7-16,18-19,34,37,39-42H,17,20H2,1-6H3/b12-7+/t34-,37+,39+,40-,41-,42+/m1/s1. The molecule has 6 atom stereocenters. The second kappa shape index (κ2) is 19.0. The predicted octanol–water partition coefficient (Wildman–Crippen LogP) is 4.74. The minimum absolute atomic E-state index is 0.0593. The van der Waals surface area contributed by atoms with Gasteiger partial charge in [-0.1, -0.05) is 30.3 Å². The van der Waals surface area contributed by atoms with Crippen LogP contribution in [0.25, 0.3) is 6.08 Å². The maximum atomic E-state index is 13.6. The topological polar surface area (TPSA) is 220 Å². The highest BCUT2D eigenvalue weighted by molar-refractivity contribution is 6.03. The molecule has 310 valence electrons. The lowest BCUT2D eigenvalue weighted by Gasteiger charge is -2.44. The van der Waals surface area contributed by atoms with Gasteiger partial charge in [0.05, 0.1) is 6.42 Å². The van der Waals surface area contributed by atoms with E-state index in [0.29, 0.717) is 16.9 Å². The van der Waals surface area contributed by atoms with Crippen LogP contribution in [0.15, 0.2) is 66.7 Å². The molecule has 2 aliphatic rings. The van der Waals surface area contributed by atoms with Gasteiger partial charge in [0, 0.05) is 60.1 Å². The van der Waals surface area contributed by atoms with Gasteiger partial charge in [-0.15, -0.1) is 0 Å². The van der Waals surface area contributed by atoms with Gasteiger partial charge in [-0.05, 0) is 41.5 Å². The number of ketones is 2. The summed E-state index contributed by atoms with van der Waals surface area (Å²) >= 11 is 0. The Morgan fingerprint density at radius 3 is 1.75 bits per heavy atom. The summed E-state index contributed by atoms with van der Waals surface area (Å²) in [5.74, 6) is -5.20. The van der Waals surface area contributed by atoms with Crippen molar-refractivity contribution in [3.63, 3.8) is 0 Å². The van der Waals surface area contributed by atoms with Crippen LogP contribution >= 0.6 is 0 Å². The first-order valence-corrected chi connectivity index (χ1v) is 18.1. The van der Waals surface area contributed by atoms with Crippen LogP contribution in [0, 0.1) is 0 Å². The predicted molar refractivity (Wildman–Crippen MR) is 200 cm³/mol. The first-order valence-electron chi connectivity index (χ1n) is 18.1. The lowest BCUT2D eigenvalue weighted by atomic mass is 9.94. The smallest absolute Gasteiger partial charge is 0.308 e. The SMILES string of the molecule is CC(=O)Oc1ccc(/C=C/C(=O)C[C@@H]2O[C@H](Oc3cc(OC(C)=O)c4c(c3)O[C@@H](c3ccc(OC(C)=O)cc3)CC4=O)[C@H](OC(C)=O)[C@H](OC(C)=O)[C@H]2OC(C)=O)cc1. The molecular weight excluding hydrogens is 776 g/mol. The number of esters is 6. The number of carbonyl (C=O) groups excluding carboxylic acids is 8. The number of hydrogen-bond donors (Lipinski definition) is 0. The van der Waals surface area contributed by atoms with Gasteiger partial charge in [0.15, 0.2) is 23.8 Å². The van der Waals surface area contributed by atoms with Crippen molar-refractivity contribution in [2.45, 2.75) is 91.2 Å². The number of rotatable bonds is 13. The molecule has 0 unspecified atom stereocenters. The van der Waals surface area contributed by atoms with Crippen LogP contribution in [0.4, 0.5) is 0 Å². The number of fused-ring (bicyclic) bond motifs is 1. The summed E-state index contributed by atoms with van der Waals surface area (Å²) < 4.78 is 50.8. The zero-order valence-corrected chi connectivity index (χ0v) is 32.7. The van der Waals surface area contributed by atoms with Crippen molar-refractivity contribution >= 4 is 53.5 Å². The summed E-state index contributed by atoms with van der Waals surface area (Å²) in [5.41, 5.74) is 1.06. The van der Waals surface area contributed by atoms with E-state index in [9.17, 15) is 38.4 Å². The number of benzene rings is 3. The molecule has 0 N–H and O–H groups in total. The molecule has 17 nitrogen and oxygen atoms in total. The van der Waals surface area contributed by atoms with Gasteiger partial charge < -0.3 is 42.6 Å². The van der Waals surface area contributed by atoms with Gasteiger partial charge in [0.2, 0.25) is 12.4 Å². The minimum atomic E-state index is -1.68. The van der Waals surface area contributed by atoms with Crippen molar-refractivity contribution in [2.24, 2.45) is 0 Å². The quantitative estimate of drug-likeness (QED) is 0.0984. The van der Waals surface area contributed by atoms with Gasteiger partial charge in [-0.2, -0.15) is 0 Å². The van der Waals surface area contributed by atoms with Crippen LogP contribution in [0.1, 0.15) is 82.0 Å². The van der Waals surface area contributed by atoms with E-state index in [1.165, 1.54) is 62.4 Å². The van der Waals surface area contributed by atoms with Crippen molar-refractivity contribution in [1.29, 1.82) is 0 Å². The number of Topliss-reactive ketones (excluding diaryl/α,β-unsaturated/α-hetero) is 1. The van der Waals surface area contributed by atoms with E-state index in [0.717, 1.165) is 27.7 Å². The fourth-order valence-corrected chi connectivity index (χ4v) is 6.32. The Labute approximate surface area is 337 Å². The van der Waals surface area contributed by atoms with E-state index >= 15 is 0 Å². The number of hydrogen-bond acceptors (Lipinski definition) is 17. The Morgan fingerprint density at radius 1 is 0.644 bits per heavy atom. The fraction of sp³-hybridized carbons (Fsp3) is 0.333. The first kappa shape index (κ1) is 43.2. The summed E-state index contributed by atoms with van der Waals surface area (Å²) in [4.78, 5) is 99.1. The van der Waals surface area contributed by atoms with E-state index in [2.05, 4.69) is 0 Å². The van der Waals surface area contributed by atoms with Crippen LogP contribution in [-0.2, 0) is 52.5 Å². The maximum absolute atomic E-state index is 13.6. The fourth-order valence-electron chi connectivity index (χ4n) is 6.32. The summed E-state index contributed by atoms with van der Waals surface area (Å²) in [5, 5.41) is 0. The molecule has 1 fully saturated rings. The lowest BCUT2D eigenvalue weighted by Crippen LogP contribution is -2.62. The molecular formula is C42H40O17. The van der Waals surface area contributed by atoms with Gasteiger partial charge in [0.1, 0.15) is 46.5 Å². The number of ether oxygens (including phenoxy) is 9. The molecule has 2 heterocycles. The minimum Gasteiger partial charge on any atom is -0.484 e. The van der Waals surface area contributed by atoms with Crippen LogP contribution < -0.4 is 23.7 Å². The van der Waals surface area contributed by atoms with E-state index in [1.54, 1.807) is 24.3 Å². The third-order valence-corrected chi connectivity index (χ3v) is 8.48. The zero-order chi connectivity index (χ0) is 43.0. The summed E-state index contributed by atoms with van der Waals surface area (Å²) in [6.07, 6.45) is -6.48. The Hall–Kier alpha value is -6.88. The first-order chi connectivity index (χ1) is 27.9. The largest absolute Gasteiger partial charge is 0.484 e. The molecule has 17 heteroatoms. The average molecular weight is 817 g/mol. The highest BCUT2D eigenvalue weighted by atomic mass is 16.7. The van der Waals surface area contributed by atoms with Crippen LogP contribution in [0.3, 0.4) is 0 Å². The molecule has 0 radical (unpaired) electrons. The molecule has 5 rings (SSSR count). The maximum Gasteiger partial charge on any atom is 0.308 e. The second-order valence-electron chi connectivity index (χ2n) is 13.3. The highest BCUT2D eigenvalue weighted by Gasteiger charge is 2.53. The van der Waals surface area contributed by atoms with Crippen LogP contribution in [0.2, 0.25) is 0 Å². The lowest BCUT2D eigenvalue weighted by molar-refractivity contribution is -0.283. The summed E-state index contributed by atoms with van der Waals surface area (Å²) in [6.45, 7) is 6.86. The molecule has 0 aromatic heterocycles. The summed E-state index contributed by atoms with van der Waals surface area (Å²) in [7, 11) is 0. The third-order valence-electron chi connectivity index (χ3n) is 8.48. The molecule has 0 saturated carbocycles. The molecule has 0 bridgehead atoms. The Morgan fingerprint density at radius 2 is 1.19 bits per heavy atom. The van der Waals surface area contributed by atoms with Crippen molar-refractivity contribution in [3.8, 4) is 28.7 Å². The van der Waals surface area contributed by atoms with Gasteiger partial charge in [0.25, 0.3) is 0 Å². The normalized spacial score (nSPS) is 20.9. The number of allylic oxidation sites excluding steroid dienone is 1. The molecule has 1 saturated heterocycles. The Balaban J connectivity index is 1.49. The van der Waals surface area contributed by atoms with E-state index < -0.39 is 90.6 Å². The molecule has 0 aliphatic carbocycles. The van der Waals surface area contributed by atoms with E-state index in [-0.39, 0.29) is 35.0 Å². The molecule has 0 spiro atoms. The Kier molecular flexibility index (Phi) is 14.0. The number of carbonyl (C=O) groups is 8. The third kappa shape index (κ3) is 11.8. The van der Waals surface area contributed by atoms with E-state index in [1.807, 2.05) is 0 Å². The van der Waals surface area contributed by atoms with E-state index in [4.69, 9.17) is 42.6 Å². The monoisotopic (exact) mass is 816 g/mol. The molecule has 2 aliphatic heterocycles. The average Bonchev–Trinajstić information content (AvgIpc) is 3.13. The van der Waals surface area contributed by atoms with Crippen molar-refractivity contribution in [1.82, 2.24) is 0 Å². The second-order valence-corrected chi connectivity index (χ2v) is 13.3. The van der Waals surface area contributed by atoms with Gasteiger partial charge >= 0.3 is 35.8 Å². The van der Waals surface area contributed by atoms with Gasteiger partial charge in [-0.25, -0.2) is 0 Å². The molecule has 0 amide bonds.